The molecule has 0 spiro atoms. The second kappa shape index (κ2) is 8.56. The van der Waals surface area contributed by atoms with E-state index in [1.54, 1.807) is 0 Å². The fraction of sp³-hybridized carbons (Fsp3) is 0.481. The van der Waals surface area contributed by atoms with E-state index >= 15 is 0 Å². The van der Waals surface area contributed by atoms with Gasteiger partial charge in [-0.15, -0.1) is 0 Å². The highest BCUT2D eigenvalue weighted by Gasteiger charge is 2.25. The van der Waals surface area contributed by atoms with Gasteiger partial charge in [0.15, 0.2) is 0 Å². The Kier molecular flexibility index (Phi) is 5.66. The van der Waals surface area contributed by atoms with Gasteiger partial charge in [0.1, 0.15) is 0 Å². The molecule has 2 aromatic carbocycles. The third-order valence-corrected chi connectivity index (χ3v) is 7.44. The quantitative estimate of drug-likeness (QED) is 0.798. The second-order valence-corrected chi connectivity index (χ2v) is 9.50. The van der Waals surface area contributed by atoms with Crippen LogP contribution in [0.15, 0.2) is 42.5 Å². The van der Waals surface area contributed by atoms with Gasteiger partial charge in [-0.2, -0.15) is 0 Å². The zero-order valence-corrected chi connectivity index (χ0v) is 18.5. The number of nitrogens with one attached hydrogen (secondary N) is 1. The zero-order chi connectivity index (χ0) is 20.5. The standard InChI is InChI=1S/C27H35N3/c1-20-26(23-18-21-6-3-4-7-22(21)19-23)8-5-9-27(20)30-16-12-25(13-17-30)28-24-10-14-29(2)15-11-24/h3-9,18,24-25,28H,10-17,19H2,1-2H3. The summed E-state index contributed by atoms with van der Waals surface area (Å²) in [6.07, 6.45) is 8.56. The summed E-state index contributed by atoms with van der Waals surface area (Å²) < 4.78 is 0. The molecule has 0 radical (unpaired) electrons. The molecule has 2 aromatic rings. The van der Waals surface area contributed by atoms with E-state index in [0.717, 1.165) is 25.6 Å². The van der Waals surface area contributed by atoms with Crippen LogP contribution in [0.3, 0.4) is 0 Å². The predicted octanol–water partition coefficient (Wildman–Crippen LogP) is 4.74. The minimum Gasteiger partial charge on any atom is -0.371 e. The van der Waals surface area contributed by atoms with Crippen LogP contribution in [0, 0.1) is 6.92 Å². The maximum Gasteiger partial charge on any atom is 0.0402 e. The van der Waals surface area contributed by atoms with Crippen LogP contribution >= 0.6 is 0 Å². The van der Waals surface area contributed by atoms with Crippen LogP contribution in [-0.2, 0) is 6.42 Å². The van der Waals surface area contributed by atoms with E-state index in [4.69, 9.17) is 0 Å². The Morgan fingerprint density at radius 3 is 2.27 bits per heavy atom. The molecule has 0 unspecified atom stereocenters. The number of benzene rings is 2. The van der Waals surface area contributed by atoms with E-state index in [1.165, 1.54) is 72.3 Å². The van der Waals surface area contributed by atoms with E-state index in [2.05, 4.69) is 77.6 Å². The van der Waals surface area contributed by atoms with Gasteiger partial charge >= 0.3 is 0 Å². The average molecular weight is 402 g/mol. The minimum absolute atomic E-state index is 0.685. The molecule has 2 aliphatic heterocycles. The van der Waals surface area contributed by atoms with Crippen LogP contribution in [0.5, 0.6) is 0 Å². The number of rotatable bonds is 4. The molecule has 3 aliphatic rings. The summed E-state index contributed by atoms with van der Waals surface area (Å²) in [4.78, 5) is 5.07. The molecule has 0 aromatic heterocycles. The summed E-state index contributed by atoms with van der Waals surface area (Å²) in [5, 5.41) is 3.97. The van der Waals surface area contributed by atoms with Gasteiger partial charge < -0.3 is 15.1 Å². The Morgan fingerprint density at radius 2 is 1.53 bits per heavy atom. The third-order valence-electron chi connectivity index (χ3n) is 7.44. The Labute approximate surface area is 181 Å². The molecule has 1 aliphatic carbocycles. The fourth-order valence-corrected chi connectivity index (χ4v) is 5.56. The van der Waals surface area contributed by atoms with Crippen LogP contribution in [-0.4, -0.2) is 50.2 Å². The number of hydrogen-bond acceptors (Lipinski definition) is 3. The molecule has 158 valence electrons. The van der Waals surface area contributed by atoms with Crippen LogP contribution in [0.1, 0.15) is 47.9 Å². The number of likely N-dealkylation sites (tertiary alicyclic amines) is 1. The highest BCUT2D eigenvalue weighted by atomic mass is 15.2. The topological polar surface area (TPSA) is 18.5 Å². The first-order valence-corrected chi connectivity index (χ1v) is 11.8. The van der Waals surface area contributed by atoms with Gasteiger partial charge in [0.25, 0.3) is 0 Å². The van der Waals surface area contributed by atoms with Crippen molar-refractivity contribution in [3.05, 3.63) is 64.7 Å². The Morgan fingerprint density at radius 1 is 0.833 bits per heavy atom. The first-order chi connectivity index (χ1) is 14.7. The first-order valence-electron chi connectivity index (χ1n) is 11.8. The highest BCUT2D eigenvalue weighted by molar-refractivity contribution is 5.90. The summed E-state index contributed by atoms with van der Waals surface area (Å²) in [7, 11) is 2.24. The lowest BCUT2D eigenvalue weighted by atomic mass is 9.95. The maximum absolute atomic E-state index is 3.97. The van der Waals surface area contributed by atoms with Crippen molar-refractivity contribution >= 4 is 17.3 Å². The number of anilines is 1. The predicted molar refractivity (Wildman–Crippen MR) is 128 cm³/mol. The smallest absolute Gasteiger partial charge is 0.0402 e. The molecule has 30 heavy (non-hydrogen) atoms. The molecule has 2 fully saturated rings. The third kappa shape index (κ3) is 4.06. The summed E-state index contributed by atoms with van der Waals surface area (Å²) in [5.74, 6) is 0. The Bertz CT molecular complexity index is 915. The molecule has 3 heteroatoms. The second-order valence-electron chi connectivity index (χ2n) is 9.50. The first kappa shape index (κ1) is 19.8. The number of allylic oxidation sites excluding steroid dienone is 1. The van der Waals surface area contributed by atoms with E-state index < -0.39 is 0 Å². The van der Waals surface area contributed by atoms with E-state index in [0.29, 0.717) is 6.04 Å². The van der Waals surface area contributed by atoms with E-state index in [9.17, 15) is 0 Å². The maximum atomic E-state index is 3.97. The van der Waals surface area contributed by atoms with Crippen LogP contribution in [0.25, 0.3) is 11.6 Å². The van der Waals surface area contributed by atoms with Crippen molar-refractivity contribution in [3.8, 4) is 0 Å². The van der Waals surface area contributed by atoms with Gasteiger partial charge in [-0.1, -0.05) is 42.5 Å². The average Bonchev–Trinajstić information content (AvgIpc) is 3.20. The van der Waals surface area contributed by atoms with Crippen LogP contribution < -0.4 is 10.2 Å². The molecule has 2 heterocycles. The molecule has 0 atom stereocenters. The lowest BCUT2D eigenvalue weighted by molar-refractivity contribution is 0.217. The van der Waals surface area contributed by atoms with Gasteiger partial charge in [0.05, 0.1) is 0 Å². The summed E-state index contributed by atoms with van der Waals surface area (Å²) >= 11 is 0. The van der Waals surface area contributed by atoms with Crippen molar-refractivity contribution in [2.24, 2.45) is 0 Å². The monoisotopic (exact) mass is 401 g/mol. The SMILES string of the molecule is Cc1c(C2=Cc3ccccc3C2)cccc1N1CCC(NC2CCN(C)CC2)CC1. The number of fused-ring (bicyclic) bond motifs is 1. The molecule has 0 bridgehead atoms. The van der Waals surface area contributed by atoms with Crippen molar-refractivity contribution < 1.29 is 0 Å². The lowest BCUT2D eigenvalue weighted by Gasteiger charge is -2.38. The molecule has 1 N–H and O–H groups in total. The van der Waals surface area contributed by atoms with Gasteiger partial charge in [0, 0.05) is 30.9 Å². The van der Waals surface area contributed by atoms with Gasteiger partial charge in [0.2, 0.25) is 0 Å². The molecule has 2 saturated heterocycles. The molecule has 0 amide bonds. The normalized spacial score (nSPS) is 21.0. The fourth-order valence-electron chi connectivity index (χ4n) is 5.56. The Balaban J connectivity index is 1.24. The number of hydrogen-bond donors (Lipinski definition) is 1. The van der Waals surface area contributed by atoms with E-state index in [-0.39, 0.29) is 0 Å². The summed E-state index contributed by atoms with van der Waals surface area (Å²) in [6.45, 7) is 7.11. The largest absolute Gasteiger partial charge is 0.371 e. The number of piperidine rings is 2. The molecule has 0 saturated carbocycles. The van der Waals surface area contributed by atoms with Gasteiger partial charge in [-0.3, -0.25) is 0 Å². The summed E-state index contributed by atoms with van der Waals surface area (Å²) in [6, 6.07) is 17.1. The van der Waals surface area contributed by atoms with Crippen molar-refractivity contribution in [1.29, 1.82) is 0 Å². The van der Waals surface area contributed by atoms with Gasteiger partial charge in [-0.05, 0) is 93.1 Å². The summed E-state index contributed by atoms with van der Waals surface area (Å²) in [5.41, 5.74) is 8.61. The molecular weight excluding hydrogens is 366 g/mol. The van der Waals surface area contributed by atoms with Crippen molar-refractivity contribution in [2.45, 2.75) is 51.1 Å². The van der Waals surface area contributed by atoms with Crippen molar-refractivity contribution in [3.63, 3.8) is 0 Å². The van der Waals surface area contributed by atoms with Crippen molar-refractivity contribution in [2.75, 3.05) is 38.1 Å². The highest BCUT2D eigenvalue weighted by Crippen LogP contribution is 2.36. The van der Waals surface area contributed by atoms with E-state index in [1.807, 2.05) is 0 Å². The van der Waals surface area contributed by atoms with Crippen molar-refractivity contribution in [1.82, 2.24) is 10.2 Å². The van der Waals surface area contributed by atoms with Crippen LogP contribution in [0.2, 0.25) is 0 Å². The van der Waals surface area contributed by atoms with Crippen LogP contribution in [0.4, 0.5) is 5.69 Å². The Hall–Kier alpha value is -2.10. The molecule has 5 rings (SSSR count). The van der Waals surface area contributed by atoms with Gasteiger partial charge in [-0.25, -0.2) is 0 Å². The molecule has 3 nitrogen and oxygen atoms in total. The zero-order valence-electron chi connectivity index (χ0n) is 18.5. The number of nitrogens with zero attached hydrogens (tertiary/aromatic N) is 2. The lowest BCUT2D eigenvalue weighted by Crippen LogP contribution is -2.49. The molecular formula is C27H35N3. The minimum atomic E-state index is 0.685.